The van der Waals surface area contributed by atoms with Crippen LogP contribution in [-0.4, -0.2) is 29.0 Å². The van der Waals surface area contributed by atoms with E-state index in [4.69, 9.17) is 4.52 Å². The minimum Gasteiger partial charge on any atom is -0.359 e. The van der Waals surface area contributed by atoms with Crippen LogP contribution in [0.15, 0.2) is 34.9 Å². The van der Waals surface area contributed by atoms with E-state index in [2.05, 4.69) is 15.8 Å². The Morgan fingerprint density at radius 2 is 2.20 bits per heavy atom. The largest absolute Gasteiger partial charge is 0.359 e. The molecule has 1 aliphatic rings. The maximum Gasteiger partial charge on any atom is 0.318 e. The summed E-state index contributed by atoms with van der Waals surface area (Å²) < 4.78 is 5.27. The third-order valence-corrected chi connectivity index (χ3v) is 4.21. The Bertz CT molecular complexity index is 784. The van der Waals surface area contributed by atoms with Crippen LogP contribution in [0.2, 0.25) is 0 Å². The second kappa shape index (κ2) is 6.96. The summed E-state index contributed by atoms with van der Waals surface area (Å²) in [5.74, 6) is 0.792. The van der Waals surface area contributed by atoms with Crippen LogP contribution in [-0.2, 0) is 11.3 Å². The van der Waals surface area contributed by atoms with Crippen LogP contribution < -0.4 is 10.6 Å². The van der Waals surface area contributed by atoms with Gasteiger partial charge < -0.3 is 20.1 Å². The van der Waals surface area contributed by atoms with Gasteiger partial charge in [0.15, 0.2) is 5.76 Å². The molecule has 25 heavy (non-hydrogen) atoms. The van der Waals surface area contributed by atoms with Gasteiger partial charge in [-0.2, -0.15) is 0 Å². The molecule has 3 amide bonds. The Morgan fingerprint density at radius 1 is 1.44 bits per heavy atom. The molecule has 2 heterocycles. The Labute approximate surface area is 146 Å². The van der Waals surface area contributed by atoms with E-state index in [-0.39, 0.29) is 30.3 Å². The van der Waals surface area contributed by atoms with Gasteiger partial charge >= 0.3 is 6.03 Å². The first-order valence-electron chi connectivity index (χ1n) is 8.30. The van der Waals surface area contributed by atoms with Crippen molar-refractivity contribution in [2.45, 2.75) is 38.8 Å². The number of hydrogen-bond acceptors (Lipinski definition) is 4. The highest BCUT2D eigenvalue weighted by molar-refractivity contribution is 5.95. The molecule has 1 aliphatic heterocycles. The lowest BCUT2D eigenvalue weighted by Crippen LogP contribution is -2.41. The molecule has 1 aromatic carbocycles. The molecular formula is C18H22N4O3. The summed E-state index contributed by atoms with van der Waals surface area (Å²) in [6.45, 7) is 4.37. The lowest BCUT2D eigenvalue weighted by molar-refractivity contribution is -0.116. The number of benzene rings is 1. The number of aromatic nitrogens is 1. The highest BCUT2D eigenvalue weighted by atomic mass is 16.5. The van der Waals surface area contributed by atoms with E-state index >= 15 is 0 Å². The number of para-hydroxylation sites is 1. The van der Waals surface area contributed by atoms with Crippen molar-refractivity contribution in [1.82, 2.24) is 15.4 Å². The summed E-state index contributed by atoms with van der Waals surface area (Å²) in [5, 5.41) is 9.73. The maximum atomic E-state index is 12.5. The fourth-order valence-corrected chi connectivity index (χ4v) is 2.78. The van der Waals surface area contributed by atoms with Gasteiger partial charge in [0.2, 0.25) is 5.91 Å². The summed E-state index contributed by atoms with van der Waals surface area (Å²) in [5.41, 5.74) is 2.51. The van der Waals surface area contributed by atoms with Crippen LogP contribution in [0, 0.1) is 0 Å². The molecule has 7 nitrogen and oxygen atoms in total. The van der Waals surface area contributed by atoms with Crippen LogP contribution in [0.5, 0.6) is 0 Å². The third kappa shape index (κ3) is 3.81. The summed E-state index contributed by atoms with van der Waals surface area (Å²) in [4.78, 5) is 25.9. The molecule has 0 unspecified atom stereocenters. The van der Waals surface area contributed by atoms with Crippen molar-refractivity contribution in [1.29, 1.82) is 0 Å². The van der Waals surface area contributed by atoms with Crippen LogP contribution >= 0.6 is 0 Å². The number of fused-ring (bicyclic) bond motifs is 1. The fraction of sp³-hybridized carbons (Fsp3) is 0.389. The Hall–Kier alpha value is -2.83. The molecule has 1 atom stereocenters. The molecule has 0 saturated carbocycles. The normalized spacial score (nSPS) is 16.3. The molecule has 7 heteroatoms. The van der Waals surface area contributed by atoms with Crippen molar-refractivity contribution >= 4 is 17.6 Å². The van der Waals surface area contributed by atoms with E-state index in [1.54, 1.807) is 7.05 Å². The predicted octanol–water partition coefficient (Wildman–Crippen LogP) is 3.02. The van der Waals surface area contributed by atoms with E-state index in [1.807, 2.05) is 44.2 Å². The monoisotopic (exact) mass is 342 g/mol. The maximum absolute atomic E-state index is 12.5. The van der Waals surface area contributed by atoms with Crippen LogP contribution in [0.1, 0.15) is 49.2 Å². The zero-order valence-corrected chi connectivity index (χ0v) is 14.6. The minimum atomic E-state index is -0.346. The Balaban J connectivity index is 1.66. The van der Waals surface area contributed by atoms with E-state index in [0.717, 1.165) is 16.9 Å². The van der Waals surface area contributed by atoms with E-state index in [0.29, 0.717) is 12.3 Å². The summed E-state index contributed by atoms with van der Waals surface area (Å²) in [6, 6.07) is 8.73. The second-order valence-corrected chi connectivity index (χ2v) is 6.57. The topological polar surface area (TPSA) is 87.5 Å². The molecule has 2 aromatic rings. The molecule has 3 rings (SSSR count). The highest BCUT2D eigenvalue weighted by Gasteiger charge is 2.27. The lowest BCUT2D eigenvalue weighted by atomic mass is 9.97. The van der Waals surface area contributed by atoms with Crippen molar-refractivity contribution in [3.8, 4) is 0 Å². The van der Waals surface area contributed by atoms with Crippen molar-refractivity contribution in [2.75, 3.05) is 12.4 Å². The van der Waals surface area contributed by atoms with Gasteiger partial charge in [0, 0.05) is 18.8 Å². The number of urea groups is 1. The average Bonchev–Trinajstić information content (AvgIpc) is 3.03. The molecule has 0 aliphatic carbocycles. The molecule has 0 spiro atoms. The SMILES string of the molecule is CC(C)c1cc(CN(C)C(=O)N[C@H]2CC(=O)Nc3ccccc32)on1. The number of carbonyl (C=O) groups excluding carboxylic acids is 2. The molecule has 132 valence electrons. The number of anilines is 1. The third-order valence-electron chi connectivity index (χ3n) is 4.21. The van der Waals surface area contributed by atoms with Gasteiger partial charge in [-0.05, 0) is 17.5 Å². The minimum absolute atomic E-state index is 0.108. The standard InChI is InChI=1S/C18H22N4O3/c1-11(2)15-8-12(25-21-15)10-22(3)18(24)20-16-9-17(23)19-14-7-5-4-6-13(14)16/h4-8,11,16H,9-10H2,1-3H3,(H,19,23)(H,20,24)/t16-/m0/s1. The van der Waals surface area contributed by atoms with Gasteiger partial charge in [-0.25, -0.2) is 4.79 Å². The molecular weight excluding hydrogens is 320 g/mol. The van der Waals surface area contributed by atoms with Crippen molar-refractivity contribution in [3.05, 3.63) is 47.3 Å². The summed E-state index contributed by atoms with van der Waals surface area (Å²) >= 11 is 0. The lowest BCUT2D eigenvalue weighted by Gasteiger charge is -2.28. The van der Waals surface area contributed by atoms with Crippen LogP contribution in [0.3, 0.4) is 0 Å². The predicted molar refractivity (Wildman–Crippen MR) is 93.0 cm³/mol. The van der Waals surface area contributed by atoms with E-state index < -0.39 is 0 Å². The van der Waals surface area contributed by atoms with E-state index in [9.17, 15) is 9.59 Å². The first-order valence-corrected chi connectivity index (χ1v) is 8.30. The van der Waals surface area contributed by atoms with Gasteiger partial charge in [-0.15, -0.1) is 0 Å². The Morgan fingerprint density at radius 3 is 2.92 bits per heavy atom. The van der Waals surface area contributed by atoms with E-state index in [1.165, 1.54) is 4.90 Å². The highest BCUT2D eigenvalue weighted by Crippen LogP contribution is 2.30. The number of hydrogen-bond donors (Lipinski definition) is 2. The van der Waals surface area contributed by atoms with Crippen LogP contribution in [0.25, 0.3) is 0 Å². The van der Waals surface area contributed by atoms with Gasteiger partial charge in [0.1, 0.15) is 0 Å². The first kappa shape index (κ1) is 17.0. The summed E-state index contributed by atoms with van der Waals surface area (Å²) in [6.07, 6.45) is 0.219. The fourth-order valence-electron chi connectivity index (χ4n) is 2.78. The number of amides is 3. The molecule has 0 bridgehead atoms. The molecule has 0 radical (unpaired) electrons. The Kier molecular flexibility index (Phi) is 4.74. The van der Waals surface area contributed by atoms with Crippen molar-refractivity contribution < 1.29 is 14.1 Å². The number of nitrogens with one attached hydrogen (secondary N) is 2. The molecule has 2 N–H and O–H groups in total. The smallest absolute Gasteiger partial charge is 0.318 e. The van der Waals surface area contributed by atoms with Gasteiger partial charge in [-0.1, -0.05) is 37.2 Å². The van der Waals surface area contributed by atoms with Crippen molar-refractivity contribution in [2.24, 2.45) is 0 Å². The van der Waals surface area contributed by atoms with Gasteiger partial charge in [0.25, 0.3) is 0 Å². The molecule has 1 aromatic heterocycles. The zero-order chi connectivity index (χ0) is 18.0. The number of rotatable bonds is 4. The van der Waals surface area contributed by atoms with Gasteiger partial charge in [-0.3, -0.25) is 4.79 Å². The quantitative estimate of drug-likeness (QED) is 0.894. The number of carbonyl (C=O) groups is 2. The van der Waals surface area contributed by atoms with Crippen molar-refractivity contribution in [3.63, 3.8) is 0 Å². The zero-order valence-electron chi connectivity index (χ0n) is 14.6. The number of nitrogens with zero attached hydrogens (tertiary/aromatic N) is 2. The first-order chi connectivity index (χ1) is 11.9. The molecule has 0 saturated heterocycles. The average molecular weight is 342 g/mol. The van der Waals surface area contributed by atoms with Crippen LogP contribution in [0.4, 0.5) is 10.5 Å². The van der Waals surface area contributed by atoms with Gasteiger partial charge in [0.05, 0.1) is 24.7 Å². The second-order valence-electron chi connectivity index (χ2n) is 6.57. The molecule has 0 fully saturated rings. The summed E-state index contributed by atoms with van der Waals surface area (Å²) in [7, 11) is 1.68.